The second kappa shape index (κ2) is 17.1. The molecule has 13 rings (SSSR count). The van der Waals surface area contributed by atoms with Gasteiger partial charge in [-0.05, 0) is 77.9 Å². The first-order chi connectivity index (χ1) is 34.8. The van der Waals surface area contributed by atoms with Gasteiger partial charge in [0.2, 0.25) is 0 Å². The fourth-order valence-corrected chi connectivity index (χ4v) is 21.2. The van der Waals surface area contributed by atoms with Crippen LogP contribution in [0.2, 0.25) is 0 Å². The first-order valence-corrected chi connectivity index (χ1v) is 28.0. The predicted molar refractivity (Wildman–Crippen MR) is 298 cm³/mol. The Morgan fingerprint density at radius 1 is 0.300 bits per heavy atom. The molecule has 330 valence electrons. The van der Waals surface area contributed by atoms with E-state index in [1.165, 1.54) is 41.5 Å². The fourth-order valence-electron chi connectivity index (χ4n) is 11.7. The minimum Gasteiger partial charge on any atom is -0.307 e. The first kappa shape index (κ1) is 41.5. The van der Waals surface area contributed by atoms with E-state index in [1.807, 2.05) is 12.4 Å². The summed E-state index contributed by atoms with van der Waals surface area (Å²) in [6, 6.07) is 96.5. The Balaban J connectivity index is 1.09. The Labute approximate surface area is 409 Å². The zero-order valence-electron chi connectivity index (χ0n) is 38.3. The molecule has 0 N–H and O–H groups in total. The van der Waals surface area contributed by atoms with Crippen LogP contribution in [0.25, 0.3) is 55.1 Å². The third kappa shape index (κ3) is 6.34. The van der Waals surface area contributed by atoms with Crippen LogP contribution >= 0.6 is 0 Å². The standard InChI is InChI=1S/C64H46N4Si2/c1-7-25-49(26-8-1)69(50-27-9-2-10-28-50,51-29-11-3-12-30-51)55-37-21-23-47(43-55)67-60-45-65-42-41-57(60)62-61(67)46-66-63-58-39-19-20-40-59(58)68(64(62)63)48-24-22-38-56(44-48)70(52-31-13-4-14-32-52,53-33-15-5-16-34-53)54-35-17-6-18-36-54/h1-46H. The molecule has 0 atom stereocenters. The number of nitrogens with zero attached hydrogens (tertiary/aromatic N) is 4. The van der Waals surface area contributed by atoms with Crippen molar-refractivity contribution in [3.63, 3.8) is 0 Å². The highest BCUT2D eigenvalue weighted by molar-refractivity contribution is 7.20. The molecule has 0 amide bonds. The van der Waals surface area contributed by atoms with Gasteiger partial charge in [-0.25, -0.2) is 0 Å². The molecule has 4 heterocycles. The topological polar surface area (TPSA) is 35.6 Å². The van der Waals surface area contributed by atoms with E-state index in [0.717, 1.165) is 55.1 Å². The van der Waals surface area contributed by atoms with Crippen molar-refractivity contribution in [3.05, 3.63) is 279 Å². The number of hydrogen-bond donors (Lipinski definition) is 0. The van der Waals surface area contributed by atoms with Gasteiger partial charge in [-0.15, -0.1) is 0 Å². The third-order valence-corrected chi connectivity index (χ3v) is 24.1. The lowest BCUT2D eigenvalue weighted by molar-refractivity contribution is 1.16. The van der Waals surface area contributed by atoms with Gasteiger partial charge in [0, 0.05) is 33.7 Å². The van der Waals surface area contributed by atoms with Crippen molar-refractivity contribution >= 4 is 101 Å². The van der Waals surface area contributed by atoms with Crippen LogP contribution < -0.4 is 41.5 Å². The van der Waals surface area contributed by atoms with Crippen molar-refractivity contribution in [1.29, 1.82) is 0 Å². The van der Waals surface area contributed by atoms with E-state index in [-0.39, 0.29) is 0 Å². The van der Waals surface area contributed by atoms with Crippen LogP contribution in [0.1, 0.15) is 0 Å². The molecule has 0 bridgehead atoms. The summed E-state index contributed by atoms with van der Waals surface area (Å²) in [7, 11) is -5.69. The minimum absolute atomic E-state index is 0.972. The van der Waals surface area contributed by atoms with E-state index >= 15 is 0 Å². The Morgan fingerprint density at radius 2 is 0.700 bits per heavy atom. The molecule has 70 heavy (non-hydrogen) atoms. The lowest BCUT2D eigenvalue weighted by atomic mass is 10.1. The molecular weight excluding hydrogens is 881 g/mol. The molecule has 0 radical (unpaired) electrons. The second-order valence-corrected chi connectivity index (χ2v) is 25.7. The van der Waals surface area contributed by atoms with Crippen molar-refractivity contribution in [3.8, 4) is 11.4 Å². The normalized spacial score (nSPS) is 12.0. The molecule has 9 aromatic carbocycles. The molecule has 0 saturated heterocycles. The molecule has 0 aliphatic rings. The maximum absolute atomic E-state index is 5.45. The lowest BCUT2D eigenvalue weighted by Gasteiger charge is -2.34. The summed E-state index contributed by atoms with van der Waals surface area (Å²) in [4.78, 5) is 10.3. The smallest absolute Gasteiger partial charge is 0.179 e. The van der Waals surface area contributed by atoms with Crippen LogP contribution in [0.15, 0.2) is 279 Å². The lowest BCUT2D eigenvalue weighted by Crippen LogP contribution is -2.74. The molecule has 4 aromatic heterocycles. The average Bonchev–Trinajstić information content (AvgIpc) is 3.97. The molecular formula is C64H46N4Si2. The van der Waals surface area contributed by atoms with Gasteiger partial charge >= 0.3 is 0 Å². The third-order valence-electron chi connectivity index (χ3n) is 14.5. The molecule has 0 aliphatic carbocycles. The van der Waals surface area contributed by atoms with Gasteiger partial charge in [-0.3, -0.25) is 9.97 Å². The molecule has 0 spiro atoms. The van der Waals surface area contributed by atoms with Gasteiger partial charge in [0.15, 0.2) is 16.1 Å². The molecule has 0 unspecified atom stereocenters. The highest BCUT2D eigenvalue weighted by atomic mass is 28.3. The summed E-state index contributed by atoms with van der Waals surface area (Å²) in [5.41, 5.74) is 7.39. The number of benzene rings is 9. The van der Waals surface area contributed by atoms with E-state index in [4.69, 9.17) is 9.97 Å². The monoisotopic (exact) mass is 926 g/mol. The van der Waals surface area contributed by atoms with Crippen LogP contribution in [0.4, 0.5) is 0 Å². The molecule has 13 aromatic rings. The Morgan fingerprint density at radius 3 is 1.16 bits per heavy atom. The zero-order valence-corrected chi connectivity index (χ0v) is 40.3. The number of rotatable bonds is 10. The summed E-state index contributed by atoms with van der Waals surface area (Å²) in [6.45, 7) is 0. The van der Waals surface area contributed by atoms with Gasteiger partial charge in [-0.2, -0.15) is 0 Å². The van der Waals surface area contributed by atoms with E-state index in [9.17, 15) is 0 Å². The van der Waals surface area contributed by atoms with Crippen LogP contribution in [0, 0.1) is 0 Å². The van der Waals surface area contributed by atoms with E-state index < -0.39 is 16.1 Å². The number of pyridine rings is 2. The quantitative estimate of drug-likeness (QED) is 0.101. The van der Waals surface area contributed by atoms with Crippen LogP contribution in [-0.4, -0.2) is 35.2 Å². The molecule has 4 nitrogen and oxygen atoms in total. The van der Waals surface area contributed by atoms with Gasteiger partial charge in [-0.1, -0.05) is 224 Å². The van der Waals surface area contributed by atoms with Gasteiger partial charge in [0.25, 0.3) is 0 Å². The fraction of sp³-hybridized carbons (Fsp3) is 0. The highest BCUT2D eigenvalue weighted by Gasteiger charge is 2.43. The molecule has 0 saturated carbocycles. The van der Waals surface area contributed by atoms with Crippen molar-refractivity contribution in [2.45, 2.75) is 0 Å². The van der Waals surface area contributed by atoms with Crippen molar-refractivity contribution in [2.24, 2.45) is 0 Å². The highest BCUT2D eigenvalue weighted by Crippen LogP contribution is 2.40. The Kier molecular flexibility index (Phi) is 10.2. The van der Waals surface area contributed by atoms with Crippen molar-refractivity contribution in [2.75, 3.05) is 0 Å². The van der Waals surface area contributed by atoms with Gasteiger partial charge in [0.1, 0.15) is 0 Å². The second-order valence-electron chi connectivity index (χ2n) is 18.1. The minimum atomic E-state index is -2.85. The van der Waals surface area contributed by atoms with Crippen LogP contribution in [-0.2, 0) is 0 Å². The number of hydrogen-bond acceptors (Lipinski definition) is 2. The van der Waals surface area contributed by atoms with Crippen LogP contribution in [0.5, 0.6) is 0 Å². The summed E-state index contributed by atoms with van der Waals surface area (Å²) in [6.07, 6.45) is 6.04. The first-order valence-electron chi connectivity index (χ1n) is 24.0. The molecule has 0 aliphatic heterocycles. The number of fused-ring (bicyclic) bond motifs is 7. The average molecular weight is 927 g/mol. The number of para-hydroxylation sites is 1. The van der Waals surface area contributed by atoms with E-state index in [1.54, 1.807) is 0 Å². The Hall–Kier alpha value is -8.69. The van der Waals surface area contributed by atoms with Gasteiger partial charge < -0.3 is 9.13 Å². The van der Waals surface area contributed by atoms with Crippen LogP contribution in [0.3, 0.4) is 0 Å². The summed E-state index contributed by atoms with van der Waals surface area (Å²) < 4.78 is 4.87. The summed E-state index contributed by atoms with van der Waals surface area (Å²) in [5, 5.41) is 14.0. The maximum Gasteiger partial charge on any atom is 0.179 e. The molecule has 0 fully saturated rings. The summed E-state index contributed by atoms with van der Waals surface area (Å²) in [5.74, 6) is 0. The summed E-state index contributed by atoms with van der Waals surface area (Å²) >= 11 is 0. The maximum atomic E-state index is 5.45. The van der Waals surface area contributed by atoms with E-state index in [0.29, 0.717) is 0 Å². The van der Waals surface area contributed by atoms with Gasteiger partial charge in [0.05, 0.1) is 40.0 Å². The largest absolute Gasteiger partial charge is 0.307 e. The Bertz CT molecular complexity index is 3800. The zero-order chi connectivity index (χ0) is 46.5. The van der Waals surface area contributed by atoms with Crippen molar-refractivity contribution in [1.82, 2.24) is 19.1 Å². The number of aromatic nitrogens is 4. The molecule has 6 heteroatoms. The van der Waals surface area contributed by atoms with E-state index in [2.05, 4.69) is 276 Å². The predicted octanol–water partition coefficient (Wildman–Crippen LogP) is 9.43. The SMILES string of the molecule is c1ccc([Si](c2ccccc2)(c2ccccc2)c2cccc(-n3c4cnccc4c4c3cnc3c5ccccc5n(-c5cccc([Si](c6ccccc6)(c6ccccc6)c6ccccc6)c5)c34)c2)cc1. The van der Waals surface area contributed by atoms with Crippen molar-refractivity contribution < 1.29 is 0 Å².